The summed E-state index contributed by atoms with van der Waals surface area (Å²) < 4.78 is 16.3. The average Bonchev–Trinajstić information content (AvgIpc) is 2.87. The fraction of sp³-hybridized carbons (Fsp3) is 0.538. The van der Waals surface area contributed by atoms with Gasteiger partial charge in [0.15, 0.2) is 11.5 Å². The van der Waals surface area contributed by atoms with Crippen molar-refractivity contribution in [1.82, 2.24) is 0 Å². The molecule has 3 heteroatoms. The Bertz CT molecular complexity index is 414. The molecule has 86 valence electrons. The monoisotopic (exact) mass is 220 g/mol. The van der Waals surface area contributed by atoms with Gasteiger partial charge in [-0.15, -0.1) is 0 Å². The third-order valence-electron chi connectivity index (χ3n) is 3.75. The van der Waals surface area contributed by atoms with Crippen LogP contribution in [0.5, 0.6) is 11.5 Å². The molecule has 0 radical (unpaired) electrons. The first kappa shape index (κ1) is 9.97. The lowest BCUT2D eigenvalue weighted by Gasteiger charge is -2.13. The van der Waals surface area contributed by atoms with E-state index >= 15 is 0 Å². The number of ether oxygens (including phenoxy) is 3. The van der Waals surface area contributed by atoms with E-state index in [2.05, 4.69) is 6.07 Å². The van der Waals surface area contributed by atoms with Gasteiger partial charge < -0.3 is 14.2 Å². The lowest BCUT2D eigenvalue weighted by atomic mass is 9.97. The molecular weight excluding hydrogens is 204 g/mol. The molecule has 3 rings (SSSR count). The fourth-order valence-electron chi connectivity index (χ4n) is 2.97. The molecule has 1 heterocycles. The van der Waals surface area contributed by atoms with Crippen LogP contribution in [0.15, 0.2) is 12.1 Å². The highest BCUT2D eigenvalue weighted by molar-refractivity contribution is 5.54. The average molecular weight is 220 g/mol. The van der Waals surface area contributed by atoms with Crippen LogP contribution in [0.3, 0.4) is 0 Å². The second-order valence-electron chi connectivity index (χ2n) is 4.48. The molecule has 0 N–H and O–H groups in total. The third kappa shape index (κ3) is 1.24. The van der Waals surface area contributed by atoms with E-state index in [1.807, 2.05) is 6.07 Å². The summed E-state index contributed by atoms with van der Waals surface area (Å²) in [6.45, 7) is 1.73. The van der Waals surface area contributed by atoms with E-state index in [9.17, 15) is 0 Å². The molecule has 0 aromatic heterocycles. The van der Waals surface area contributed by atoms with Crippen LogP contribution >= 0.6 is 0 Å². The first-order chi connectivity index (χ1) is 7.85. The zero-order chi connectivity index (χ0) is 11.1. The van der Waals surface area contributed by atoms with E-state index in [0.29, 0.717) is 11.8 Å². The van der Waals surface area contributed by atoms with Crippen LogP contribution in [0, 0.1) is 5.92 Å². The van der Waals surface area contributed by atoms with Crippen molar-refractivity contribution in [3.8, 4) is 11.5 Å². The summed E-state index contributed by atoms with van der Waals surface area (Å²) in [7, 11) is 3.39. The number of fused-ring (bicyclic) bond motifs is 3. The van der Waals surface area contributed by atoms with Gasteiger partial charge in [0.25, 0.3) is 0 Å². The second kappa shape index (κ2) is 3.67. The Morgan fingerprint density at radius 1 is 1.19 bits per heavy atom. The summed E-state index contributed by atoms with van der Waals surface area (Å²) in [5.41, 5.74) is 2.71. The van der Waals surface area contributed by atoms with Crippen LogP contribution < -0.4 is 9.47 Å². The Balaban J connectivity index is 2.09. The zero-order valence-electron chi connectivity index (χ0n) is 9.66. The second-order valence-corrected chi connectivity index (χ2v) is 4.48. The minimum absolute atomic E-state index is 0.565. The molecule has 3 nitrogen and oxygen atoms in total. The van der Waals surface area contributed by atoms with Crippen molar-refractivity contribution < 1.29 is 14.2 Å². The molecular formula is C13H16O3. The molecule has 1 aromatic carbocycles. The normalized spacial score (nSPS) is 26.4. The highest BCUT2D eigenvalue weighted by atomic mass is 16.5. The van der Waals surface area contributed by atoms with E-state index in [1.165, 1.54) is 11.1 Å². The van der Waals surface area contributed by atoms with E-state index in [-0.39, 0.29) is 0 Å². The zero-order valence-corrected chi connectivity index (χ0v) is 9.66. The lowest BCUT2D eigenvalue weighted by molar-refractivity contribution is 0.182. The molecule has 1 saturated heterocycles. The minimum atomic E-state index is 0.565. The van der Waals surface area contributed by atoms with E-state index in [0.717, 1.165) is 31.1 Å². The summed E-state index contributed by atoms with van der Waals surface area (Å²) in [6, 6.07) is 4.16. The Hall–Kier alpha value is -1.22. The van der Waals surface area contributed by atoms with Gasteiger partial charge in [-0.25, -0.2) is 0 Å². The molecule has 0 bridgehead atoms. The van der Waals surface area contributed by atoms with Gasteiger partial charge >= 0.3 is 0 Å². The first-order valence-electron chi connectivity index (χ1n) is 5.66. The van der Waals surface area contributed by atoms with Gasteiger partial charge in [-0.1, -0.05) is 6.07 Å². The van der Waals surface area contributed by atoms with Gasteiger partial charge in [-0.05, 0) is 24.0 Å². The van der Waals surface area contributed by atoms with Crippen molar-refractivity contribution in [2.24, 2.45) is 5.92 Å². The molecule has 1 aliphatic heterocycles. The lowest BCUT2D eigenvalue weighted by Crippen LogP contribution is -2.03. The summed E-state index contributed by atoms with van der Waals surface area (Å²) in [5.74, 6) is 2.95. The third-order valence-corrected chi connectivity index (χ3v) is 3.75. The highest BCUT2D eigenvalue weighted by Crippen LogP contribution is 2.48. The minimum Gasteiger partial charge on any atom is -0.493 e. The van der Waals surface area contributed by atoms with Crippen molar-refractivity contribution in [3.63, 3.8) is 0 Å². The maximum absolute atomic E-state index is 5.53. The molecule has 16 heavy (non-hydrogen) atoms. The predicted molar refractivity (Wildman–Crippen MR) is 60.3 cm³/mol. The molecule has 2 atom stereocenters. The molecule has 0 amide bonds. The van der Waals surface area contributed by atoms with Crippen LogP contribution in [-0.4, -0.2) is 27.4 Å². The van der Waals surface area contributed by atoms with Gasteiger partial charge in [-0.3, -0.25) is 0 Å². The largest absolute Gasteiger partial charge is 0.493 e. The highest BCUT2D eigenvalue weighted by Gasteiger charge is 2.39. The molecule has 0 saturated carbocycles. The first-order valence-corrected chi connectivity index (χ1v) is 5.66. The van der Waals surface area contributed by atoms with Crippen LogP contribution in [0.2, 0.25) is 0 Å². The topological polar surface area (TPSA) is 27.7 Å². The number of hydrogen-bond acceptors (Lipinski definition) is 3. The quantitative estimate of drug-likeness (QED) is 0.763. The Morgan fingerprint density at radius 3 is 2.81 bits per heavy atom. The Labute approximate surface area is 95.3 Å². The van der Waals surface area contributed by atoms with Crippen LogP contribution in [0.4, 0.5) is 0 Å². The summed E-state index contributed by atoms with van der Waals surface area (Å²) >= 11 is 0. The summed E-state index contributed by atoms with van der Waals surface area (Å²) in [5, 5.41) is 0. The molecule has 1 fully saturated rings. The number of rotatable bonds is 2. The smallest absolute Gasteiger partial charge is 0.164 e. The van der Waals surface area contributed by atoms with Gasteiger partial charge in [0.2, 0.25) is 0 Å². The summed E-state index contributed by atoms with van der Waals surface area (Å²) in [4.78, 5) is 0. The van der Waals surface area contributed by atoms with Gasteiger partial charge in [0, 0.05) is 11.5 Å². The molecule has 2 aliphatic rings. The molecule has 1 aromatic rings. The summed E-state index contributed by atoms with van der Waals surface area (Å²) in [6.07, 6.45) is 1.06. The molecule has 0 spiro atoms. The maximum atomic E-state index is 5.53. The van der Waals surface area contributed by atoms with E-state index < -0.39 is 0 Å². The van der Waals surface area contributed by atoms with Crippen molar-refractivity contribution in [2.45, 2.75) is 12.3 Å². The van der Waals surface area contributed by atoms with Gasteiger partial charge in [-0.2, -0.15) is 0 Å². The van der Waals surface area contributed by atoms with E-state index in [1.54, 1.807) is 14.2 Å². The fourth-order valence-corrected chi connectivity index (χ4v) is 2.97. The number of hydrogen-bond donors (Lipinski definition) is 0. The van der Waals surface area contributed by atoms with E-state index in [4.69, 9.17) is 14.2 Å². The van der Waals surface area contributed by atoms with Gasteiger partial charge in [0.1, 0.15) is 0 Å². The Kier molecular flexibility index (Phi) is 2.28. The maximum Gasteiger partial charge on any atom is 0.164 e. The van der Waals surface area contributed by atoms with Crippen LogP contribution in [0.1, 0.15) is 17.0 Å². The van der Waals surface area contributed by atoms with Crippen molar-refractivity contribution in [3.05, 3.63) is 23.3 Å². The standard InChI is InChI=1S/C13H16O3/c1-14-12-4-3-9-10(13(12)15-2)5-8-6-16-7-11(8)9/h3-4,8,11H,5-7H2,1-2H3/t8-,11+/m1/s1. The van der Waals surface area contributed by atoms with Crippen LogP contribution in [0.25, 0.3) is 0 Å². The van der Waals surface area contributed by atoms with Crippen molar-refractivity contribution >= 4 is 0 Å². The number of benzene rings is 1. The SMILES string of the molecule is COc1ccc2c(c1OC)C[C@@H]1COC[C@H]21. The molecule has 0 unspecified atom stereocenters. The predicted octanol–water partition coefficient (Wildman–Crippen LogP) is 1.99. The number of methoxy groups -OCH3 is 2. The van der Waals surface area contributed by atoms with Crippen LogP contribution in [-0.2, 0) is 11.2 Å². The van der Waals surface area contributed by atoms with Gasteiger partial charge in [0.05, 0.1) is 27.4 Å². The van der Waals surface area contributed by atoms with Crippen molar-refractivity contribution in [2.75, 3.05) is 27.4 Å². The van der Waals surface area contributed by atoms with Crippen molar-refractivity contribution in [1.29, 1.82) is 0 Å². The molecule has 1 aliphatic carbocycles. The Morgan fingerprint density at radius 2 is 2.06 bits per heavy atom.